The third-order valence-electron chi connectivity index (χ3n) is 3.81. The lowest BCUT2D eigenvalue weighted by Gasteiger charge is -2.12. The molecule has 0 fully saturated rings. The Morgan fingerprint density at radius 2 is 1.65 bits per heavy atom. The lowest BCUT2D eigenvalue weighted by atomic mass is 10.0. The highest BCUT2D eigenvalue weighted by Crippen LogP contribution is 2.22. The second kappa shape index (κ2) is 9.23. The summed E-state index contributed by atoms with van der Waals surface area (Å²) in [5, 5.41) is 13.7. The highest BCUT2D eigenvalue weighted by molar-refractivity contribution is 5.95. The molecule has 6 heteroatoms. The monoisotopic (exact) mass is 351 g/mol. The van der Waals surface area contributed by atoms with Gasteiger partial charge >= 0.3 is 6.03 Å². The molecule has 0 spiro atoms. The SMILES string of the molecule is CC[C@@H](C)NC(=O)NC(=O)COc1ccc(-c2ccc(C#N)cc2)cc1. The van der Waals surface area contributed by atoms with E-state index in [0.29, 0.717) is 11.3 Å². The summed E-state index contributed by atoms with van der Waals surface area (Å²) < 4.78 is 5.39. The number of hydrogen-bond acceptors (Lipinski definition) is 4. The Labute approximate surface area is 152 Å². The molecule has 26 heavy (non-hydrogen) atoms. The van der Waals surface area contributed by atoms with Gasteiger partial charge in [-0.2, -0.15) is 5.26 Å². The van der Waals surface area contributed by atoms with Crippen molar-refractivity contribution < 1.29 is 14.3 Å². The first-order valence-corrected chi connectivity index (χ1v) is 8.35. The summed E-state index contributed by atoms with van der Waals surface area (Å²) >= 11 is 0. The highest BCUT2D eigenvalue weighted by atomic mass is 16.5. The molecule has 1 atom stereocenters. The normalized spacial score (nSPS) is 11.1. The molecule has 0 heterocycles. The molecule has 0 saturated carbocycles. The van der Waals surface area contributed by atoms with Gasteiger partial charge in [-0.25, -0.2) is 4.79 Å². The van der Waals surface area contributed by atoms with Crippen LogP contribution in [-0.2, 0) is 4.79 Å². The van der Waals surface area contributed by atoms with Crippen LogP contribution in [0, 0.1) is 11.3 Å². The minimum Gasteiger partial charge on any atom is -0.484 e. The van der Waals surface area contributed by atoms with Crippen molar-refractivity contribution in [3.8, 4) is 22.9 Å². The van der Waals surface area contributed by atoms with Gasteiger partial charge in [0, 0.05) is 6.04 Å². The van der Waals surface area contributed by atoms with Crippen molar-refractivity contribution in [2.75, 3.05) is 6.61 Å². The van der Waals surface area contributed by atoms with E-state index in [1.165, 1.54) is 0 Å². The van der Waals surface area contributed by atoms with Crippen LogP contribution in [-0.4, -0.2) is 24.6 Å². The van der Waals surface area contributed by atoms with Crippen LogP contribution in [0.5, 0.6) is 5.75 Å². The van der Waals surface area contributed by atoms with Gasteiger partial charge in [0.05, 0.1) is 11.6 Å². The van der Waals surface area contributed by atoms with Crippen molar-refractivity contribution in [3.63, 3.8) is 0 Å². The summed E-state index contributed by atoms with van der Waals surface area (Å²) in [6.07, 6.45) is 0.781. The quantitative estimate of drug-likeness (QED) is 0.836. The van der Waals surface area contributed by atoms with Crippen LogP contribution < -0.4 is 15.4 Å². The Hall–Kier alpha value is -3.33. The molecule has 2 rings (SSSR count). The predicted molar refractivity (Wildman–Crippen MR) is 98.5 cm³/mol. The minimum atomic E-state index is -0.524. The first-order valence-electron chi connectivity index (χ1n) is 8.35. The molecule has 0 unspecified atom stereocenters. The van der Waals surface area contributed by atoms with E-state index in [-0.39, 0.29) is 12.6 Å². The first kappa shape index (κ1) is 19.0. The third-order valence-corrected chi connectivity index (χ3v) is 3.81. The summed E-state index contributed by atoms with van der Waals surface area (Å²) in [7, 11) is 0. The van der Waals surface area contributed by atoms with Crippen molar-refractivity contribution in [1.29, 1.82) is 5.26 Å². The van der Waals surface area contributed by atoms with Gasteiger partial charge in [-0.15, -0.1) is 0 Å². The number of rotatable bonds is 6. The zero-order chi connectivity index (χ0) is 18.9. The number of benzene rings is 2. The standard InChI is InChI=1S/C20H21N3O3/c1-3-14(2)22-20(25)23-19(24)13-26-18-10-8-17(9-11-18)16-6-4-15(12-21)5-7-16/h4-11,14H,3,13H2,1-2H3,(H2,22,23,24,25)/t14-/m1/s1. The maximum absolute atomic E-state index is 11.7. The Bertz CT molecular complexity index is 793. The molecule has 2 N–H and O–H groups in total. The van der Waals surface area contributed by atoms with Gasteiger partial charge in [-0.3, -0.25) is 10.1 Å². The zero-order valence-electron chi connectivity index (χ0n) is 14.8. The van der Waals surface area contributed by atoms with E-state index in [0.717, 1.165) is 17.5 Å². The lowest BCUT2D eigenvalue weighted by molar-refractivity contribution is -0.122. The molecule has 0 aliphatic heterocycles. The van der Waals surface area contributed by atoms with E-state index in [1.54, 1.807) is 24.3 Å². The van der Waals surface area contributed by atoms with Crippen LogP contribution in [0.1, 0.15) is 25.8 Å². The van der Waals surface area contributed by atoms with Crippen LogP contribution in [0.2, 0.25) is 0 Å². The number of nitriles is 1. The zero-order valence-corrected chi connectivity index (χ0v) is 14.8. The number of imide groups is 1. The van der Waals surface area contributed by atoms with Gasteiger partial charge in [-0.05, 0) is 48.7 Å². The fourth-order valence-corrected chi connectivity index (χ4v) is 2.15. The molecule has 0 aliphatic carbocycles. The summed E-state index contributed by atoms with van der Waals surface area (Å²) in [5.74, 6) is 0.0156. The van der Waals surface area contributed by atoms with Crippen molar-refractivity contribution in [1.82, 2.24) is 10.6 Å². The molecule has 134 valence electrons. The van der Waals surface area contributed by atoms with E-state index in [9.17, 15) is 9.59 Å². The number of carbonyl (C=O) groups is 2. The smallest absolute Gasteiger partial charge is 0.321 e. The van der Waals surface area contributed by atoms with E-state index >= 15 is 0 Å². The van der Waals surface area contributed by atoms with Gasteiger partial charge < -0.3 is 10.1 Å². The lowest BCUT2D eigenvalue weighted by Crippen LogP contribution is -2.44. The molecule has 2 aromatic rings. The second-order valence-electron chi connectivity index (χ2n) is 5.83. The maximum atomic E-state index is 11.7. The summed E-state index contributed by atoms with van der Waals surface area (Å²) in [6, 6.07) is 16.1. The molecule has 0 saturated heterocycles. The van der Waals surface area contributed by atoms with E-state index in [4.69, 9.17) is 10.00 Å². The van der Waals surface area contributed by atoms with E-state index in [2.05, 4.69) is 16.7 Å². The summed E-state index contributed by atoms with van der Waals surface area (Å²) in [6.45, 7) is 3.55. The topological polar surface area (TPSA) is 91.2 Å². The predicted octanol–water partition coefficient (Wildman–Crippen LogP) is 3.23. The fraction of sp³-hybridized carbons (Fsp3) is 0.250. The van der Waals surface area contributed by atoms with Crippen molar-refractivity contribution >= 4 is 11.9 Å². The Morgan fingerprint density at radius 3 is 2.19 bits per heavy atom. The molecule has 0 aliphatic rings. The van der Waals surface area contributed by atoms with Crippen LogP contribution in [0.3, 0.4) is 0 Å². The summed E-state index contributed by atoms with van der Waals surface area (Å²) in [4.78, 5) is 23.3. The van der Waals surface area contributed by atoms with Crippen LogP contribution in [0.4, 0.5) is 4.79 Å². The van der Waals surface area contributed by atoms with Crippen molar-refractivity contribution in [2.45, 2.75) is 26.3 Å². The van der Waals surface area contributed by atoms with Gasteiger partial charge in [0.25, 0.3) is 5.91 Å². The molecular formula is C20H21N3O3. The molecule has 3 amide bonds. The largest absolute Gasteiger partial charge is 0.484 e. The first-order chi connectivity index (χ1) is 12.5. The molecule has 6 nitrogen and oxygen atoms in total. The minimum absolute atomic E-state index is 0.00140. The van der Waals surface area contributed by atoms with Crippen molar-refractivity contribution in [3.05, 3.63) is 54.1 Å². The van der Waals surface area contributed by atoms with Crippen LogP contribution in [0.15, 0.2) is 48.5 Å². The van der Waals surface area contributed by atoms with Gasteiger partial charge in [0.15, 0.2) is 6.61 Å². The number of hydrogen-bond donors (Lipinski definition) is 2. The van der Waals surface area contributed by atoms with Gasteiger partial charge in [0.2, 0.25) is 0 Å². The van der Waals surface area contributed by atoms with Crippen LogP contribution >= 0.6 is 0 Å². The van der Waals surface area contributed by atoms with Crippen molar-refractivity contribution in [2.24, 2.45) is 0 Å². The average Bonchev–Trinajstić information content (AvgIpc) is 2.66. The molecule has 0 radical (unpaired) electrons. The summed E-state index contributed by atoms with van der Waals surface area (Å²) in [5.41, 5.74) is 2.56. The number of carbonyl (C=O) groups excluding carboxylic acids is 2. The van der Waals surface area contributed by atoms with Gasteiger partial charge in [0.1, 0.15) is 5.75 Å². The number of ether oxygens (including phenoxy) is 1. The molecular weight excluding hydrogens is 330 g/mol. The number of nitrogens with one attached hydrogen (secondary N) is 2. The maximum Gasteiger partial charge on any atom is 0.321 e. The molecule has 0 bridgehead atoms. The molecule has 2 aromatic carbocycles. The number of nitrogens with zero attached hydrogens (tertiary/aromatic N) is 1. The third kappa shape index (κ3) is 5.64. The second-order valence-corrected chi connectivity index (χ2v) is 5.83. The van der Waals surface area contributed by atoms with E-state index < -0.39 is 11.9 Å². The van der Waals surface area contributed by atoms with Gasteiger partial charge in [-0.1, -0.05) is 31.2 Å². The average molecular weight is 351 g/mol. The highest BCUT2D eigenvalue weighted by Gasteiger charge is 2.10. The van der Waals surface area contributed by atoms with Crippen LogP contribution in [0.25, 0.3) is 11.1 Å². The van der Waals surface area contributed by atoms with E-state index in [1.807, 2.05) is 38.1 Å². The fourth-order valence-electron chi connectivity index (χ4n) is 2.15. The number of urea groups is 1. The Morgan fingerprint density at radius 1 is 1.08 bits per heavy atom. The molecule has 0 aromatic heterocycles. The Balaban J connectivity index is 1.86. The Kier molecular flexibility index (Phi) is 6.75. The number of amides is 3.